The van der Waals surface area contributed by atoms with E-state index in [-0.39, 0.29) is 11.3 Å². The van der Waals surface area contributed by atoms with Crippen LogP contribution in [0.4, 0.5) is 0 Å². The highest BCUT2D eigenvalue weighted by Crippen LogP contribution is 2.63. The first-order valence-electron chi connectivity index (χ1n) is 9.03. The van der Waals surface area contributed by atoms with Gasteiger partial charge >= 0.3 is 0 Å². The fourth-order valence-electron chi connectivity index (χ4n) is 5.80. The van der Waals surface area contributed by atoms with Crippen LogP contribution in [-0.4, -0.2) is 21.4 Å². The Labute approximate surface area is 137 Å². The van der Waals surface area contributed by atoms with Crippen LogP contribution in [0, 0.1) is 22.7 Å². The molecule has 0 bridgehead atoms. The lowest BCUT2D eigenvalue weighted by Gasteiger charge is -2.61. The third kappa shape index (κ3) is 3.14. The van der Waals surface area contributed by atoms with Crippen molar-refractivity contribution in [3.63, 3.8) is 0 Å². The van der Waals surface area contributed by atoms with Crippen molar-refractivity contribution in [3.05, 3.63) is 12.7 Å². The van der Waals surface area contributed by atoms with E-state index in [1.807, 2.05) is 13.8 Å². The van der Waals surface area contributed by atoms with Crippen LogP contribution in [0.25, 0.3) is 0 Å². The van der Waals surface area contributed by atoms with Crippen molar-refractivity contribution in [1.82, 2.24) is 0 Å². The molecule has 128 valence electrons. The molecule has 2 rings (SSSR count). The summed E-state index contributed by atoms with van der Waals surface area (Å²) >= 11 is 0. The van der Waals surface area contributed by atoms with Gasteiger partial charge in [0.05, 0.1) is 11.2 Å². The molecular formula is C20H36O2. The quantitative estimate of drug-likeness (QED) is 0.739. The lowest BCUT2D eigenvalue weighted by Crippen LogP contribution is -2.57. The zero-order chi connectivity index (χ0) is 16.8. The van der Waals surface area contributed by atoms with Gasteiger partial charge in [0.1, 0.15) is 0 Å². The van der Waals surface area contributed by atoms with Gasteiger partial charge in [-0.05, 0) is 75.0 Å². The molecule has 2 aliphatic carbocycles. The summed E-state index contributed by atoms with van der Waals surface area (Å²) in [7, 11) is 0. The highest BCUT2D eigenvalue weighted by Gasteiger charge is 2.57. The summed E-state index contributed by atoms with van der Waals surface area (Å²) in [6.45, 7) is 14.8. The molecule has 2 aliphatic rings. The maximum absolute atomic E-state index is 11.1. The SMILES string of the molecule is C=C[C@](C)(O)CC[C@H]1[C@@]2(C)CCCC(C)(C)[C@H]2CC[C@]1(C)O. The highest BCUT2D eigenvalue weighted by molar-refractivity contribution is 5.08. The van der Waals surface area contributed by atoms with E-state index in [4.69, 9.17) is 0 Å². The minimum atomic E-state index is -0.830. The van der Waals surface area contributed by atoms with E-state index in [1.165, 1.54) is 19.3 Å². The predicted molar refractivity (Wildman–Crippen MR) is 92.6 cm³/mol. The van der Waals surface area contributed by atoms with E-state index in [1.54, 1.807) is 6.08 Å². The van der Waals surface area contributed by atoms with Gasteiger partial charge in [0.15, 0.2) is 0 Å². The molecule has 2 nitrogen and oxygen atoms in total. The van der Waals surface area contributed by atoms with Gasteiger partial charge in [-0.25, -0.2) is 0 Å². The van der Waals surface area contributed by atoms with Crippen molar-refractivity contribution in [2.45, 2.75) is 90.8 Å². The van der Waals surface area contributed by atoms with Crippen molar-refractivity contribution in [2.75, 3.05) is 0 Å². The normalized spacial score (nSPS) is 44.0. The molecule has 2 fully saturated rings. The second-order valence-electron chi connectivity index (χ2n) is 9.45. The minimum Gasteiger partial charge on any atom is -0.390 e. The smallest absolute Gasteiger partial charge is 0.0797 e. The lowest BCUT2D eigenvalue weighted by molar-refractivity contribution is -0.171. The first kappa shape index (κ1) is 18.0. The molecule has 0 saturated heterocycles. The molecule has 2 heteroatoms. The molecule has 0 aliphatic heterocycles. The number of fused-ring (bicyclic) bond motifs is 1. The summed E-state index contributed by atoms with van der Waals surface area (Å²) in [6.07, 6.45) is 8.96. The fraction of sp³-hybridized carbons (Fsp3) is 0.900. The van der Waals surface area contributed by atoms with Crippen molar-refractivity contribution in [1.29, 1.82) is 0 Å². The number of hydrogen-bond acceptors (Lipinski definition) is 2. The van der Waals surface area contributed by atoms with E-state index < -0.39 is 11.2 Å². The minimum absolute atomic E-state index is 0.181. The molecule has 0 radical (unpaired) electrons. The molecule has 22 heavy (non-hydrogen) atoms. The Morgan fingerprint density at radius 3 is 2.41 bits per heavy atom. The number of rotatable bonds is 4. The lowest BCUT2D eigenvalue weighted by atomic mass is 9.45. The largest absolute Gasteiger partial charge is 0.390 e. The second-order valence-corrected chi connectivity index (χ2v) is 9.45. The first-order valence-corrected chi connectivity index (χ1v) is 9.03. The average molecular weight is 309 g/mol. The van der Waals surface area contributed by atoms with Crippen molar-refractivity contribution < 1.29 is 10.2 Å². The Hall–Kier alpha value is -0.340. The van der Waals surface area contributed by atoms with Crippen LogP contribution in [0.5, 0.6) is 0 Å². The summed E-state index contributed by atoms with van der Waals surface area (Å²) in [5, 5.41) is 21.4. The Balaban J connectivity index is 2.28. The van der Waals surface area contributed by atoms with Crippen LogP contribution in [0.2, 0.25) is 0 Å². The summed E-state index contributed by atoms with van der Waals surface area (Å²) in [5.41, 5.74) is -0.900. The van der Waals surface area contributed by atoms with E-state index >= 15 is 0 Å². The average Bonchev–Trinajstić information content (AvgIpc) is 2.35. The van der Waals surface area contributed by atoms with Crippen LogP contribution < -0.4 is 0 Å². The van der Waals surface area contributed by atoms with E-state index in [0.717, 1.165) is 19.3 Å². The maximum Gasteiger partial charge on any atom is 0.0797 e. The zero-order valence-corrected chi connectivity index (χ0v) is 15.3. The Bertz CT molecular complexity index is 421. The van der Waals surface area contributed by atoms with Crippen molar-refractivity contribution >= 4 is 0 Å². The maximum atomic E-state index is 11.1. The van der Waals surface area contributed by atoms with Crippen molar-refractivity contribution in [3.8, 4) is 0 Å². The Morgan fingerprint density at radius 1 is 1.18 bits per heavy atom. The summed E-state index contributed by atoms with van der Waals surface area (Å²) in [4.78, 5) is 0. The van der Waals surface area contributed by atoms with Gasteiger partial charge in [-0.15, -0.1) is 6.58 Å². The van der Waals surface area contributed by atoms with Crippen LogP contribution in [0.1, 0.15) is 79.6 Å². The van der Waals surface area contributed by atoms with Gasteiger partial charge in [-0.3, -0.25) is 0 Å². The molecule has 0 aromatic heterocycles. The monoisotopic (exact) mass is 308 g/mol. The molecule has 0 unspecified atom stereocenters. The molecule has 0 spiro atoms. The number of hydrogen-bond donors (Lipinski definition) is 2. The molecule has 0 heterocycles. The Morgan fingerprint density at radius 2 is 1.82 bits per heavy atom. The van der Waals surface area contributed by atoms with E-state index in [0.29, 0.717) is 17.8 Å². The van der Waals surface area contributed by atoms with Crippen LogP contribution in [0.3, 0.4) is 0 Å². The van der Waals surface area contributed by atoms with Gasteiger partial charge in [-0.2, -0.15) is 0 Å². The molecular weight excluding hydrogens is 272 g/mol. The van der Waals surface area contributed by atoms with Gasteiger partial charge < -0.3 is 10.2 Å². The Kier molecular flexibility index (Phi) is 4.61. The first-order chi connectivity index (χ1) is 9.95. The van der Waals surface area contributed by atoms with Crippen molar-refractivity contribution in [2.24, 2.45) is 22.7 Å². The second kappa shape index (κ2) is 5.63. The molecule has 0 amide bonds. The standard InChI is InChI=1S/C20H36O2/c1-7-18(4,21)13-9-16-19(5)12-8-11-17(2,3)15(19)10-14-20(16,6)22/h7,15-16,21-22H,1,8-14H2,2-6H3/t15-,16+,18+,19+,20+/m1/s1. The molecule has 0 aromatic rings. The summed E-state index contributed by atoms with van der Waals surface area (Å²) < 4.78 is 0. The summed E-state index contributed by atoms with van der Waals surface area (Å²) in [5.74, 6) is 0.928. The molecule has 2 saturated carbocycles. The van der Waals surface area contributed by atoms with Gasteiger partial charge in [-0.1, -0.05) is 33.3 Å². The molecule has 0 aromatic carbocycles. The van der Waals surface area contributed by atoms with Gasteiger partial charge in [0, 0.05) is 0 Å². The van der Waals surface area contributed by atoms with Crippen LogP contribution >= 0.6 is 0 Å². The topological polar surface area (TPSA) is 40.5 Å². The fourth-order valence-corrected chi connectivity index (χ4v) is 5.80. The zero-order valence-electron chi connectivity index (χ0n) is 15.3. The van der Waals surface area contributed by atoms with Gasteiger partial charge in [0.2, 0.25) is 0 Å². The predicted octanol–water partition coefficient (Wildman–Crippen LogP) is 4.70. The van der Waals surface area contributed by atoms with Crippen LogP contribution in [-0.2, 0) is 0 Å². The van der Waals surface area contributed by atoms with Crippen LogP contribution in [0.15, 0.2) is 12.7 Å². The molecule has 5 atom stereocenters. The van der Waals surface area contributed by atoms with Gasteiger partial charge in [0.25, 0.3) is 0 Å². The molecule has 2 N–H and O–H groups in total. The third-order valence-corrected chi connectivity index (χ3v) is 7.14. The third-order valence-electron chi connectivity index (χ3n) is 7.14. The number of aliphatic hydroxyl groups is 2. The summed E-state index contributed by atoms with van der Waals surface area (Å²) in [6, 6.07) is 0. The van der Waals surface area contributed by atoms with E-state index in [2.05, 4.69) is 27.4 Å². The highest BCUT2D eigenvalue weighted by atomic mass is 16.3. The van der Waals surface area contributed by atoms with E-state index in [9.17, 15) is 10.2 Å².